The molecule has 16 heteroatoms. The molecule has 0 bridgehead atoms. The molecule has 0 aromatic carbocycles. The van der Waals surface area contributed by atoms with Crippen molar-refractivity contribution in [2.45, 2.75) is 18.2 Å². The molecule has 4 aromatic rings. The van der Waals surface area contributed by atoms with Crippen molar-refractivity contribution in [1.29, 1.82) is 0 Å². The first-order valence-corrected chi connectivity index (χ1v) is 9.87. The largest absolute Gasteiger partial charge is 0.452 e. The van der Waals surface area contributed by atoms with Crippen LogP contribution in [0.25, 0.3) is 16.9 Å². The van der Waals surface area contributed by atoms with Crippen molar-refractivity contribution < 1.29 is 26.7 Å². The van der Waals surface area contributed by atoms with Crippen LogP contribution in [0.5, 0.6) is 6.01 Å². The SMILES string of the molecule is O=c1[nH]cc(-c2cc(N3CC(Oc4ncc(C(F)(F)F)cn4)C(F)(F)C3)c3nccn3n2)c(=O)[nH]1. The van der Waals surface area contributed by atoms with Crippen molar-refractivity contribution in [1.82, 2.24) is 34.5 Å². The molecule has 5 rings (SSSR count). The number of hydrogen-bond acceptors (Lipinski definition) is 8. The van der Waals surface area contributed by atoms with E-state index in [-0.39, 0.29) is 22.6 Å². The van der Waals surface area contributed by atoms with Gasteiger partial charge >= 0.3 is 23.8 Å². The summed E-state index contributed by atoms with van der Waals surface area (Å²) in [5.74, 6) is -3.44. The van der Waals surface area contributed by atoms with E-state index in [2.05, 4.69) is 30.0 Å². The summed E-state index contributed by atoms with van der Waals surface area (Å²) in [7, 11) is 0. The van der Waals surface area contributed by atoms with Gasteiger partial charge in [-0.3, -0.25) is 9.78 Å². The molecule has 1 saturated heterocycles. The van der Waals surface area contributed by atoms with Crippen LogP contribution in [0.2, 0.25) is 0 Å². The first kappa shape index (κ1) is 22.4. The highest BCUT2D eigenvalue weighted by molar-refractivity contribution is 5.74. The number of rotatable bonds is 4. The minimum Gasteiger partial charge on any atom is -0.452 e. The number of anilines is 1. The summed E-state index contributed by atoms with van der Waals surface area (Å²) in [6, 6.07) is 0.726. The maximum absolute atomic E-state index is 14.8. The van der Waals surface area contributed by atoms with Gasteiger partial charge in [-0.05, 0) is 6.07 Å². The van der Waals surface area contributed by atoms with E-state index >= 15 is 0 Å². The smallest absolute Gasteiger partial charge is 0.419 e. The lowest BCUT2D eigenvalue weighted by Gasteiger charge is -2.19. The fraction of sp³-hybridized carbons (Fsp3) is 0.263. The second-order valence-corrected chi connectivity index (χ2v) is 7.60. The number of aromatic amines is 2. The van der Waals surface area contributed by atoms with Gasteiger partial charge in [0.1, 0.15) is 5.69 Å². The number of H-pyrrole nitrogens is 2. The van der Waals surface area contributed by atoms with E-state index in [4.69, 9.17) is 4.74 Å². The Morgan fingerprint density at radius 2 is 1.89 bits per heavy atom. The number of aromatic nitrogens is 7. The Balaban J connectivity index is 1.47. The zero-order valence-electron chi connectivity index (χ0n) is 17.3. The monoisotopic (exact) mass is 496 g/mol. The van der Waals surface area contributed by atoms with Crippen molar-refractivity contribution in [3.63, 3.8) is 0 Å². The molecule has 1 atom stereocenters. The Labute approximate surface area is 190 Å². The van der Waals surface area contributed by atoms with Crippen LogP contribution in [-0.4, -0.2) is 59.6 Å². The number of hydrogen-bond donors (Lipinski definition) is 2. The van der Waals surface area contributed by atoms with E-state index in [1.165, 1.54) is 27.9 Å². The van der Waals surface area contributed by atoms with Crippen LogP contribution in [-0.2, 0) is 6.18 Å². The van der Waals surface area contributed by atoms with Crippen molar-refractivity contribution in [2.75, 3.05) is 18.0 Å². The predicted octanol–water partition coefficient (Wildman–Crippen LogP) is 1.48. The highest BCUT2D eigenvalue weighted by Crippen LogP contribution is 2.36. The predicted molar refractivity (Wildman–Crippen MR) is 108 cm³/mol. The zero-order chi connectivity index (χ0) is 25.0. The Bertz CT molecular complexity index is 1510. The lowest BCUT2D eigenvalue weighted by atomic mass is 10.2. The number of imidazole rings is 1. The molecule has 0 aliphatic carbocycles. The van der Waals surface area contributed by atoms with E-state index in [1.807, 2.05) is 0 Å². The van der Waals surface area contributed by atoms with Gasteiger partial charge in [-0.2, -0.15) is 18.3 Å². The van der Waals surface area contributed by atoms with Crippen LogP contribution in [0.15, 0.2) is 46.6 Å². The Morgan fingerprint density at radius 3 is 2.57 bits per heavy atom. The Morgan fingerprint density at radius 1 is 1.14 bits per heavy atom. The molecule has 1 unspecified atom stereocenters. The van der Waals surface area contributed by atoms with E-state index in [1.54, 1.807) is 0 Å². The van der Waals surface area contributed by atoms with Gasteiger partial charge in [-0.25, -0.2) is 33.0 Å². The molecule has 1 fully saturated rings. The second-order valence-electron chi connectivity index (χ2n) is 7.60. The Hall–Kier alpha value is -4.37. The number of nitrogens with one attached hydrogen (secondary N) is 2. The number of halogens is 5. The molecule has 0 amide bonds. The highest BCUT2D eigenvalue weighted by Gasteiger charge is 2.51. The van der Waals surface area contributed by atoms with Crippen LogP contribution in [0.4, 0.5) is 27.6 Å². The van der Waals surface area contributed by atoms with Crippen molar-refractivity contribution in [3.05, 3.63) is 63.5 Å². The van der Waals surface area contributed by atoms with Gasteiger partial charge in [0.05, 0.1) is 29.9 Å². The molecular weight excluding hydrogens is 483 g/mol. The standard InChI is InChI=1S/C19H13F5N8O3/c20-18(21)8-31(7-13(18)35-17-27-4-9(5-28-17)19(22,23)24)12-3-11(30-32-2-1-25-14(12)32)10-6-26-16(34)29-15(10)33/h1-6,13H,7-8H2,(H2,26,29,33,34). The van der Waals surface area contributed by atoms with Gasteiger partial charge in [-0.1, -0.05) is 0 Å². The minimum atomic E-state index is -4.69. The molecule has 0 radical (unpaired) electrons. The normalized spacial score (nSPS) is 17.7. The third-order valence-electron chi connectivity index (χ3n) is 5.24. The topological polar surface area (TPSA) is 134 Å². The highest BCUT2D eigenvalue weighted by atomic mass is 19.4. The minimum absolute atomic E-state index is 0.0154. The van der Waals surface area contributed by atoms with Crippen LogP contribution in [0.1, 0.15) is 5.56 Å². The van der Waals surface area contributed by atoms with Crippen molar-refractivity contribution in [3.8, 4) is 17.3 Å². The van der Waals surface area contributed by atoms with E-state index in [0.29, 0.717) is 12.4 Å². The van der Waals surface area contributed by atoms with E-state index < -0.39 is 54.1 Å². The summed E-state index contributed by atoms with van der Waals surface area (Å²) in [5, 5.41) is 4.23. The van der Waals surface area contributed by atoms with Gasteiger partial charge in [0.2, 0.25) is 0 Å². The molecule has 35 heavy (non-hydrogen) atoms. The molecular formula is C19H13F5N8O3. The number of nitrogens with zero attached hydrogens (tertiary/aromatic N) is 6. The summed E-state index contributed by atoms with van der Waals surface area (Å²) in [5.41, 5.74) is -2.17. The summed E-state index contributed by atoms with van der Waals surface area (Å²) < 4.78 is 74.1. The van der Waals surface area contributed by atoms with Crippen LogP contribution in [0, 0.1) is 0 Å². The average molecular weight is 496 g/mol. The summed E-state index contributed by atoms with van der Waals surface area (Å²) in [4.78, 5) is 40.0. The molecule has 1 aliphatic heterocycles. The lowest BCUT2D eigenvalue weighted by molar-refractivity contribution is -0.138. The Kier molecular flexibility index (Phi) is 5.03. The van der Waals surface area contributed by atoms with Gasteiger partial charge in [0.15, 0.2) is 11.8 Å². The molecule has 1 aliphatic rings. The fourth-order valence-corrected chi connectivity index (χ4v) is 3.58. The first-order chi connectivity index (χ1) is 16.5. The third-order valence-corrected chi connectivity index (χ3v) is 5.24. The van der Waals surface area contributed by atoms with Crippen molar-refractivity contribution in [2.24, 2.45) is 0 Å². The van der Waals surface area contributed by atoms with Crippen LogP contribution in [0.3, 0.4) is 0 Å². The molecule has 0 spiro atoms. The van der Waals surface area contributed by atoms with E-state index in [9.17, 15) is 31.5 Å². The number of alkyl halides is 5. The molecule has 0 saturated carbocycles. The summed E-state index contributed by atoms with van der Waals surface area (Å²) in [6.45, 7) is -1.22. The maximum atomic E-state index is 14.8. The number of ether oxygens (including phenoxy) is 1. The second kappa shape index (κ2) is 7.85. The van der Waals surface area contributed by atoms with Gasteiger partial charge in [0, 0.05) is 31.0 Å². The maximum Gasteiger partial charge on any atom is 0.419 e. The molecule has 182 valence electrons. The van der Waals surface area contributed by atoms with Crippen LogP contribution >= 0.6 is 0 Å². The first-order valence-electron chi connectivity index (χ1n) is 9.87. The molecule has 2 N–H and O–H groups in total. The number of fused-ring (bicyclic) bond motifs is 1. The van der Waals surface area contributed by atoms with E-state index in [0.717, 1.165) is 6.20 Å². The van der Waals surface area contributed by atoms with Gasteiger partial charge in [-0.15, -0.1) is 0 Å². The quantitative estimate of drug-likeness (QED) is 0.406. The average Bonchev–Trinajstić information content (AvgIpc) is 3.37. The molecule has 5 heterocycles. The fourth-order valence-electron chi connectivity index (χ4n) is 3.58. The summed E-state index contributed by atoms with van der Waals surface area (Å²) in [6.07, 6.45) is -1.62. The van der Waals surface area contributed by atoms with Crippen LogP contribution < -0.4 is 20.9 Å². The van der Waals surface area contributed by atoms with Gasteiger partial charge < -0.3 is 14.6 Å². The zero-order valence-corrected chi connectivity index (χ0v) is 17.3. The molecule has 11 nitrogen and oxygen atoms in total. The lowest BCUT2D eigenvalue weighted by Crippen LogP contribution is -2.37. The molecule has 4 aromatic heterocycles. The summed E-state index contributed by atoms with van der Waals surface area (Å²) >= 11 is 0. The van der Waals surface area contributed by atoms with Gasteiger partial charge in [0.25, 0.3) is 5.56 Å². The van der Waals surface area contributed by atoms with Crippen molar-refractivity contribution >= 4 is 11.3 Å². The third kappa shape index (κ3) is 4.17.